The van der Waals surface area contributed by atoms with Gasteiger partial charge in [0.1, 0.15) is 5.75 Å². The summed E-state index contributed by atoms with van der Waals surface area (Å²) in [6.45, 7) is 3.39. The third-order valence-corrected chi connectivity index (χ3v) is 8.79. The Morgan fingerprint density at radius 2 is 1.65 bits per heavy atom. The van der Waals surface area contributed by atoms with E-state index in [1.807, 2.05) is 12.1 Å². The fourth-order valence-electron chi connectivity index (χ4n) is 4.75. The van der Waals surface area contributed by atoms with E-state index in [9.17, 15) is 13.2 Å². The van der Waals surface area contributed by atoms with Crippen LogP contribution in [-0.4, -0.2) is 45.0 Å². The Hall–Kier alpha value is -3.07. The van der Waals surface area contributed by atoms with Gasteiger partial charge in [0.2, 0.25) is 0 Å². The van der Waals surface area contributed by atoms with Crippen molar-refractivity contribution in [2.75, 3.05) is 23.9 Å². The Labute approximate surface area is 223 Å². The van der Waals surface area contributed by atoms with Crippen molar-refractivity contribution in [3.8, 4) is 5.75 Å². The fourth-order valence-corrected chi connectivity index (χ4v) is 6.40. The molecule has 0 bridgehead atoms. The average molecular weight is 540 g/mol. The van der Waals surface area contributed by atoms with Crippen molar-refractivity contribution < 1.29 is 17.9 Å². The summed E-state index contributed by atoms with van der Waals surface area (Å²) in [6, 6.07) is 21.1. The Balaban J connectivity index is 1.27. The summed E-state index contributed by atoms with van der Waals surface area (Å²) < 4.78 is 34.1. The molecular weight excluding hydrogens is 510 g/mol. The standard InChI is InChI=1S/C28H30ClN3O4S/c29-23-13-14-26-25(17-23)32(37(34,35)24-7-3-1-4-8-24)20-27(36-26)28(33)30-18-21-9-11-22(12-10-21)19-31-15-5-2-6-16-31/h1,3-4,7-14,17,27H,2,5-6,15-16,18-20H2,(H,30,33). The summed E-state index contributed by atoms with van der Waals surface area (Å²) in [7, 11) is -3.93. The number of rotatable bonds is 7. The molecule has 1 unspecified atom stereocenters. The molecule has 0 spiro atoms. The molecule has 1 atom stereocenters. The maximum Gasteiger partial charge on any atom is 0.264 e. The number of hydrogen-bond acceptors (Lipinski definition) is 5. The lowest BCUT2D eigenvalue weighted by atomic mass is 10.1. The first kappa shape index (κ1) is 25.6. The van der Waals surface area contributed by atoms with Gasteiger partial charge in [-0.05, 0) is 67.4 Å². The number of carbonyl (C=O) groups excluding carboxylic acids is 1. The summed E-state index contributed by atoms with van der Waals surface area (Å²) in [5, 5.41) is 3.28. The molecule has 5 rings (SSSR count). The first-order valence-electron chi connectivity index (χ1n) is 12.5. The molecule has 1 saturated heterocycles. The van der Waals surface area contributed by atoms with E-state index in [-0.39, 0.29) is 23.1 Å². The average Bonchev–Trinajstić information content (AvgIpc) is 2.93. The Kier molecular flexibility index (Phi) is 7.69. The first-order valence-corrected chi connectivity index (χ1v) is 14.3. The smallest absolute Gasteiger partial charge is 0.264 e. The van der Waals surface area contributed by atoms with Crippen LogP contribution in [0.25, 0.3) is 0 Å². The number of ether oxygens (including phenoxy) is 1. The minimum atomic E-state index is -3.93. The van der Waals surface area contributed by atoms with Gasteiger partial charge >= 0.3 is 0 Å². The number of hydrogen-bond donors (Lipinski definition) is 1. The number of halogens is 1. The zero-order valence-electron chi connectivity index (χ0n) is 20.5. The topological polar surface area (TPSA) is 79.0 Å². The largest absolute Gasteiger partial charge is 0.476 e. The van der Waals surface area contributed by atoms with Crippen molar-refractivity contribution in [2.24, 2.45) is 0 Å². The van der Waals surface area contributed by atoms with Gasteiger partial charge in [0.15, 0.2) is 6.10 Å². The fraction of sp³-hybridized carbons (Fsp3) is 0.321. The van der Waals surface area contributed by atoms with E-state index in [2.05, 4.69) is 22.3 Å². The van der Waals surface area contributed by atoms with E-state index in [1.54, 1.807) is 30.3 Å². The molecule has 9 heteroatoms. The van der Waals surface area contributed by atoms with Crippen molar-refractivity contribution in [1.82, 2.24) is 10.2 Å². The molecule has 2 aliphatic heterocycles. The van der Waals surface area contributed by atoms with Gasteiger partial charge in [-0.3, -0.25) is 14.0 Å². The molecule has 1 N–H and O–H groups in total. The number of benzene rings is 3. The molecule has 3 aromatic rings. The van der Waals surface area contributed by atoms with Crippen LogP contribution in [-0.2, 0) is 27.9 Å². The zero-order chi connectivity index (χ0) is 25.8. The highest BCUT2D eigenvalue weighted by Crippen LogP contribution is 2.38. The Morgan fingerprint density at radius 3 is 2.38 bits per heavy atom. The number of fused-ring (bicyclic) bond motifs is 1. The van der Waals surface area contributed by atoms with Gasteiger partial charge in [-0.15, -0.1) is 0 Å². The molecule has 0 aliphatic carbocycles. The van der Waals surface area contributed by atoms with Crippen molar-refractivity contribution in [3.05, 3.63) is 88.9 Å². The molecule has 194 valence electrons. The number of sulfonamides is 1. The lowest BCUT2D eigenvalue weighted by Gasteiger charge is -2.34. The first-order chi connectivity index (χ1) is 17.9. The summed E-state index contributed by atoms with van der Waals surface area (Å²) in [5.74, 6) is -0.0939. The van der Waals surface area contributed by atoms with Crippen LogP contribution in [0, 0.1) is 0 Å². The molecule has 0 saturated carbocycles. The summed E-state index contributed by atoms with van der Waals surface area (Å²) >= 11 is 6.16. The second kappa shape index (κ2) is 11.1. The van der Waals surface area contributed by atoms with Gasteiger partial charge in [0.25, 0.3) is 15.9 Å². The molecule has 7 nitrogen and oxygen atoms in total. The van der Waals surface area contributed by atoms with Gasteiger partial charge < -0.3 is 10.1 Å². The minimum absolute atomic E-state index is 0.131. The summed E-state index contributed by atoms with van der Waals surface area (Å²) in [5.41, 5.74) is 2.53. The van der Waals surface area contributed by atoms with E-state index < -0.39 is 16.1 Å². The molecule has 3 aromatic carbocycles. The van der Waals surface area contributed by atoms with E-state index >= 15 is 0 Å². The summed E-state index contributed by atoms with van der Waals surface area (Å²) in [4.78, 5) is 15.7. The SMILES string of the molecule is O=C(NCc1ccc(CN2CCCCC2)cc1)C1CN(S(=O)(=O)c2ccccc2)c2cc(Cl)ccc2O1. The number of anilines is 1. The van der Waals surface area contributed by atoms with Crippen molar-refractivity contribution in [3.63, 3.8) is 0 Å². The highest BCUT2D eigenvalue weighted by molar-refractivity contribution is 7.92. The maximum atomic E-state index is 13.5. The molecule has 2 heterocycles. The molecule has 1 amide bonds. The number of likely N-dealkylation sites (tertiary alicyclic amines) is 1. The van der Waals surface area contributed by atoms with E-state index in [0.29, 0.717) is 17.3 Å². The number of amides is 1. The van der Waals surface area contributed by atoms with Crippen molar-refractivity contribution in [2.45, 2.75) is 43.4 Å². The van der Waals surface area contributed by atoms with Gasteiger partial charge in [0.05, 0.1) is 17.1 Å². The van der Waals surface area contributed by atoms with Gasteiger partial charge in [0, 0.05) is 18.1 Å². The molecule has 37 heavy (non-hydrogen) atoms. The van der Waals surface area contributed by atoms with Gasteiger partial charge in [-0.1, -0.05) is 60.5 Å². The van der Waals surface area contributed by atoms with Crippen LogP contribution in [0.2, 0.25) is 5.02 Å². The monoisotopic (exact) mass is 539 g/mol. The van der Waals surface area contributed by atoms with Crippen molar-refractivity contribution in [1.29, 1.82) is 0 Å². The number of nitrogens with one attached hydrogen (secondary N) is 1. The molecular formula is C28H30ClN3O4S. The lowest BCUT2D eigenvalue weighted by molar-refractivity contribution is -0.127. The lowest BCUT2D eigenvalue weighted by Crippen LogP contribution is -2.50. The highest BCUT2D eigenvalue weighted by Gasteiger charge is 2.37. The third kappa shape index (κ3) is 5.92. The third-order valence-electron chi connectivity index (χ3n) is 6.76. The number of carbonyl (C=O) groups is 1. The minimum Gasteiger partial charge on any atom is -0.476 e. The maximum absolute atomic E-state index is 13.5. The van der Waals surface area contributed by atoms with Gasteiger partial charge in [-0.2, -0.15) is 0 Å². The summed E-state index contributed by atoms with van der Waals surface area (Å²) in [6.07, 6.45) is 2.82. The zero-order valence-corrected chi connectivity index (χ0v) is 22.0. The van der Waals surface area contributed by atoms with Crippen LogP contribution >= 0.6 is 11.6 Å². The Morgan fingerprint density at radius 1 is 0.946 bits per heavy atom. The molecule has 1 fully saturated rings. The van der Waals surface area contributed by atoms with Crippen molar-refractivity contribution >= 4 is 33.2 Å². The van der Waals surface area contributed by atoms with Crippen LogP contribution in [0.1, 0.15) is 30.4 Å². The number of piperidine rings is 1. The van der Waals surface area contributed by atoms with Crippen LogP contribution in [0.5, 0.6) is 5.75 Å². The predicted octanol–water partition coefficient (Wildman–Crippen LogP) is 4.60. The second-order valence-corrected chi connectivity index (χ2v) is 11.7. The van der Waals surface area contributed by atoms with E-state index in [0.717, 1.165) is 25.2 Å². The van der Waals surface area contributed by atoms with E-state index in [1.165, 1.54) is 47.3 Å². The molecule has 2 aliphatic rings. The van der Waals surface area contributed by atoms with Crippen LogP contribution in [0.4, 0.5) is 5.69 Å². The molecule has 0 radical (unpaired) electrons. The molecule has 0 aromatic heterocycles. The van der Waals surface area contributed by atoms with E-state index in [4.69, 9.17) is 16.3 Å². The second-order valence-electron chi connectivity index (χ2n) is 9.44. The van der Waals surface area contributed by atoms with Crippen LogP contribution < -0.4 is 14.4 Å². The van der Waals surface area contributed by atoms with Crippen LogP contribution in [0.15, 0.2) is 77.7 Å². The quantitative estimate of drug-likeness (QED) is 0.475. The van der Waals surface area contributed by atoms with Crippen LogP contribution in [0.3, 0.4) is 0 Å². The predicted molar refractivity (Wildman–Crippen MR) is 144 cm³/mol. The highest BCUT2D eigenvalue weighted by atomic mass is 35.5. The van der Waals surface area contributed by atoms with Gasteiger partial charge in [-0.25, -0.2) is 8.42 Å². The normalized spacial score (nSPS) is 18.1. The number of nitrogens with zero attached hydrogens (tertiary/aromatic N) is 2. The Bertz CT molecular complexity index is 1340.